The Morgan fingerprint density at radius 3 is 2.67 bits per heavy atom. The van der Waals surface area contributed by atoms with E-state index >= 15 is 0 Å². The standard InChI is InChI=1S/C9H6Cl2S/c1-5-8(11)6-3-2-4-7(10)9(6)12-5/h2-4H,1H3. The van der Waals surface area contributed by atoms with Crippen LogP contribution in [0.1, 0.15) is 4.88 Å². The van der Waals surface area contributed by atoms with Crippen molar-refractivity contribution in [2.75, 3.05) is 0 Å². The maximum atomic E-state index is 6.07. The zero-order chi connectivity index (χ0) is 8.72. The number of benzene rings is 1. The Labute approximate surface area is 84.7 Å². The second-order valence-corrected chi connectivity index (χ2v) is 4.60. The van der Waals surface area contributed by atoms with Crippen molar-refractivity contribution in [3.05, 3.63) is 33.1 Å². The molecule has 0 nitrogen and oxygen atoms in total. The van der Waals surface area contributed by atoms with Gasteiger partial charge in [-0.25, -0.2) is 0 Å². The highest BCUT2D eigenvalue weighted by atomic mass is 35.5. The van der Waals surface area contributed by atoms with E-state index in [0.717, 1.165) is 25.0 Å². The first kappa shape index (κ1) is 8.36. The highest BCUT2D eigenvalue weighted by Crippen LogP contribution is 2.38. The first-order chi connectivity index (χ1) is 5.70. The van der Waals surface area contributed by atoms with Gasteiger partial charge in [-0.3, -0.25) is 0 Å². The molecule has 0 unspecified atom stereocenters. The molecule has 0 N–H and O–H groups in total. The van der Waals surface area contributed by atoms with Crippen LogP contribution in [0.25, 0.3) is 10.1 Å². The minimum absolute atomic E-state index is 0.785. The lowest BCUT2D eigenvalue weighted by Gasteiger charge is -1.91. The van der Waals surface area contributed by atoms with Gasteiger partial charge in [-0.1, -0.05) is 35.3 Å². The Balaban J connectivity index is 2.95. The number of thiophene rings is 1. The Hall–Kier alpha value is -0.240. The van der Waals surface area contributed by atoms with Crippen LogP contribution in [0.2, 0.25) is 10.0 Å². The zero-order valence-corrected chi connectivity index (χ0v) is 8.72. The molecule has 1 aromatic carbocycles. The molecule has 12 heavy (non-hydrogen) atoms. The van der Waals surface area contributed by atoms with Crippen molar-refractivity contribution in [1.82, 2.24) is 0 Å². The van der Waals surface area contributed by atoms with Gasteiger partial charge in [0.1, 0.15) is 0 Å². The van der Waals surface area contributed by atoms with E-state index in [4.69, 9.17) is 23.2 Å². The third-order valence-electron chi connectivity index (χ3n) is 1.77. The number of halogens is 2. The Kier molecular flexibility index (Phi) is 2.03. The van der Waals surface area contributed by atoms with Crippen LogP contribution in [-0.4, -0.2) is 0 Å². The predicted octanol–water partition coefficient (Wildman–Crippen LogP) is 4.52. The Morgan fingerprint density at radius 1 is 1.25 bits per heavy atom. The van der Waals surface area contributed by atoms with Gasteiger partial charge in [0.15, 0.2) is 0 Å². The molecule has 0 spiro atoms. The summed E-state index contributed by atoms with van der Waals surface area (Å²) in [5.74, 6) is 0. The minimum atomic E-state index is 0.785. The van der Waals surface area contributed by atoms with Gasteiger partial charge in [0.25, 0.3) is 0 Å². The quantitative estimate of drug-likeness (QED) is 0.608. The second kappa shape index (κ2) is 2.91. The molecule has 2 aromatic rings. The van der Waals surface area contributed by atoms with Crippen LogP contribution in [0.15, 0.2) is 18.2 Å². The van der Waals surface area contributed by atoms with Gasteiger partial charge in [0, 0.05) is 10.3 Å². The van der Waals surface area contributed by atoms with Gasteiger partial charge in [-0.05, 0) is 13.0 Å². The molecule has 0 saturated heterocycles. The van der Waals surface area contributed by atoms with E-state index in [1.807, 2.05) is 25.1 Å². The summed E-state index contributed by atoms with van der Waals surface area (Å²) < 4.78 is 1.08. The van der Waals surface area contributed by atoms with Crippen LogP contribution in [0.5, 0.6) is 0 Å². The number of rotatable bonds is 0. The van der Waals surface area contributed by atoms with Crippen LogP contribution in [0.4, 0.5) is 0 Å². The van der Waals surface area contributed by atoms with Crippen molar-refractivity contribution in [1.29, 1.82) is 0 Å². The molecule has 3 heteroatoms. The lowest BCUT2D eigenvalue weighted by atomic mass is 10.2. The van der Waals surface area contributed by atoms with Gasteiger partial charge in [-0.15, -0.1) is 11.3 Å². The number of hydrogen-bond acceptors (Lipinski definition) is 1. The average molecular weight is 217 g/mol. The van der Waals surface area contributed by atoms with Gasteiger partial charge >= 0.3 is 0 Å². The zero-order valence-electron chi connectivity index (χ0n) is 6.40. The molecule has 0 aliphatic rings. The van der Waals surface area contributed by atoms with Crippen LogP contribution in [-0.2, 0) is 0 Å². The summed E-state index contributed by atoms with van der Waals surface area (Å²) in [7, 11) is 0. The topological polar surface area (TPSA) is 0 Å². The highest BCUT2D eigenvalue weighted by Gasteiger charge is 2.07. The smallest absolute Gasteiger partial charge is 0.0621 e. The van der Waals surface area contributed by atoms with E-state index in [2.05, 4.69) is 0 Å². The molecular formula is C9H6Cl2S. The number of hydrogen-bond donors (Lipinski definition) is 0. The molecule has 0 aliphatic heterocycles. The first-order valence-electron chi connectivity index (χ1n) is 3.53. The highest BCUT2D eigenvalue weighted by molar-refractivity contribution is 7.20. The molecule has 0 aliphatic carbocycles. The summed E-state index contributed by atoms with van der Waals surface area (Å²) in [6.45, 7) is 2.00. The van der Waals surface area contributed by atoms with E-state index in [0.29, 0.717) is 0 Å². The number of aryl methyl sites for hydroxylation is 1. The molecule has 2 rings (SSSR count). The fraction of sp³-hybridized carbons (Fsp3) is 0.111. The van der Waals surface area contributed by atoms with E-state index in [-0.39, 0.29) is 0 Å². The van der Waals surface area contributed by atoms with Crippen molar-refractivity contribution in [2.45, 2.75) is 6.92 Å². The third-order valence-corrected chi connectivity index (χ3v) is 3.95. The van der Waals surface area contributed by atoms with Crippen molar-refractivity contribution in [3.8, 4) is 0 Å². The molecule has 0 radical (unpaired) electrons. The summed E-state index contributed by atoms with van der Waals surface area (Å²) >= 11 is 13.7. The largest absolute Gasteiger partial charge is 0.137 e. The van der Waals surface area contributed by atoms with Gasteiger partial charge in [0.2, 0.25) is 0 Å². The summed E-state index contributed by atoms with van der Waals surface area (Å²) in [6.07, 6.45) is 0. The first-order valence-corrected chi connectivity index (χ1v) is 5.10. The third kappa shape index (κ3) is 1.13. The van der Waals surface area contributed by atoms with E-state index < -0.39 is 0 Å². The summed E-state index contributed by atoms with van der Waals surface area (Å²) in [5.41, 5.74) is 0. The summed E-state index contributed by atoms with van der Waals surface area (Å²) in [4.78, 5) is 1.12. The van der Waals surface area contributed by atoms with Crippen molar-refractivity contribution >= 4 is 44.6 Å². The fourth-order valence-corrected chi connectivity index (χ4v) is 2.74. The Bertz CT molecular complexity index is 431. The van der Waals surface area contributed by atoms with Gasteiger partial charge in [0.05, 0.1) is 14.7 Å². The lowest BCUT2D eigenvalue weighted by Crippen LogP contribution is -1.65. The van der Waals surface area contributed by atoms with E-state index in [9.17, 15) is 0 Å². The molecule has 0 atom stereocenters. The fourth-order valence-electron chi connectivity index (χ4n) is 1.17. The minimum Gasteiger partial charge on any atom is -0.137 e. The molecule has 0 saturated carbocycles. The predicted molar refractivity (Wildman–Crippen MR) is 56.6 cm³/mol. The van der Waals surface area contributed by atoms with Crippen LogP contribution in [0, 0.1) is 6.92 Å². The van der Waals surface area contributed by atoms with Crippen LogP contribution >= 0.6 is 34.5 Å². The maximum absolute atomic E-state index is 6.07. The number of fused-ring (bicyclic) bond motifs is 1. The monoisotopic (exact) mass is 216 g/mol. The van der Waals surface area contributed by atoms with Crippen LogP contribution < -0.4 is 0 Å². The Morgan fingerprint density at radius 2 is 2.00 bits per heavy atom. The molecule has 62 valence electrons. The molecule has 1 aromatic heterocycles. The second-order valence-electron chi connectivity index (χ2n) is 2.59. The van der Waals surface area contributed by atoms with Crippen molar-refractivity contribution in [3.63, 3.8) is 0 Å². The van der Waals surface area contributed by atoms with Crippen molar-refractivity contribution < 1.29 is 0 Å². The molecule has 0 amide bonds. The normalized spacial score (nSPS) is 10.9. The SMILES string of the molecule is Cc1sc2c(Cl)cccc2c1Cl. The van der Waals surface area contributed by atoms with E-state index in [1.165, 1.54) is 0 Å². The molecule has 0 fully saturated rings. The lowest BCUT2D eigenvalue weighted by molar-refractivity contribution is 1.65. The van der Waals surface area contributed by atoms with Crippen molar-refractivity contribution in [2.24, 2.45) is 0 Å². The van der Waals surface area contributed by atoms with E-state index in [1.54, 1.807) is 11.3 Å². The maximum Gasteiger partial charge on any atom is 0.0621 e. The molecule has 0 bridgehead atoms. The van der Waals surface area contributed by atoms with Crippen LogP contribution in [0.3, 0.4) is 0 Å². The van der Waals surface area contributed by atoms with Gasteiger partial charge in [-0.2, -0.15) is 0 Å². The molecule has 1 heterocycles. The molecular weight excluding hydrogens is 211 g/mol. The summed E-state index contributed by atoms with van der Waals surface area (Å²) in [6, 6.07) is 5.80. The summed E-state index contributed by atoms with van der Waals surface area (Å²) in [5, 5.41) is 2.68. The van der Waals surface area contributed by atoms with Gasteiger partial charge < -0.3 is 0 Å². The average Bonchev–Trinajstić information content (AvgIpc) is 2.32.